The lowest BCUT2D eigenvalue weighted by Crippen LogP contribution is -2.25. The standard InChI is InChI=1S/C17H22ClN3O3/c1-12-9-14(10-13(2)16(12)18)24-11-21-7-5-15(20-21)17(22)19-6-4-8-23-3/h5,7,9-10H,4,6,8,11H2,1-3H3,(H,19,22). The maximum atomic E-state index is 11.9. The zero-order chi connectivity index (χ0) is 17.5. The summed E-state index contributed by atoms with van der Waals surface area (Å²) in [5, 5.41) is 7.74. The number of amides is 1. The second-order valence-electron chi connectivity index (χ2n) is 5.49. The molecule has 0 fully saturated rings. The van der Waals surface area contributed by atoms with E-state index in [9.17, 15) is 4.79 Å². The quantitative estimate of drug-likeness (QED) is 0.742. The number of carbonyl (C=O) groups excluding carboxylic acids is 1. The molecule has 0 bridgehead atoms. The van der Waals surface area contributed by atoms with Crippen molar-refractivity contribution in [1.29, 1.82) is 0 Å². The minimum absolute atomic E-state index is 0.206. The Labute approximate surface area is 146 Å². The second-order valence-corrected chi connectivity index (χ2v) is 5.87. The molecule has 1 amide bonds. The van der Waals surface area contributed by atoms with Crippen LogP contribution in [0.1, 0.15) is 28.0 Å². The van der Waals surface area contributed by atoms with E-state index < -0.39 is 0 Å². The van der Waals surface area contributed by atoms with Gasteiger partial charge in [0, 0.05) is 31.5 Å². The Morgan fingerprint density at radius 2 is 2.04 bits per heavy atom. The number of ether oxygens (including phenoxy) is 2. The molecule has 0 aliphatic heterocycles. The Morgan fingerprint density at radius 3 is 2.71 bits per heavy atom. The van der Waals surface area contributed by atoms with Crippen LogP contribution >= 0.6 is 11.6 Å². The summed E-state index contributed by atoms with van der Waals surface area (Å²) < 4.78 is 12.2. The van der Waals surface area contributed by atoms with Crippen molar-refractivity contribution < 1.29 is 14.3 Å². The molecular formula is C17H22ClN3O3. The Balaban J connectivity index is 1.88. The van der Waals surface area contributed by atoms with Gasteiger partial charge in [-0.25, -0.2) is 4.68 Å². The topological polar surface area (TPSA) is 65.4 Å². The first-order valence-electron chi connectivity index (χ1n) is 7.71. The molecular weight excluding hydrogens is 330 g/mol. The van der Waals surface area contributed by atoms with Crippen molar-refractivity contribution in [2.75, 3.05) is 20.3 Å². The highest BCUT2D eigenvalue weighted by atomic mass is 35.5. The number of benzene rings is 1. The largest absolute Gasteiger partial charge is 0.471 e. The zero-order valence-electron chi connectivity index (χ0n) is 14.1. The molecule has 130 valence electrons. The molecule has 0 aliphatic rings. The number of rotatable bonds is 8. The van der Waals surface area contributed by atoms with E-state index in [1.165, 1.54) is 0 Å². The van der Waals surface area contributed by atoms with Crippen LogP contribution in [0.15, 0.2) is 24.4 Å². The molecule has 1 heterocycles. The Bertz CT molecular complexity index is 677. The van der Waals surface area contributed by atoms with Crippen LogP contribution in [0.25, 0.3) is 0 Å². The van der Waals surface area contributed by atoms with Crippen molar-refractivity contribution in [3.8, 4) is 5.75 Å². The van der Waals surface area contributed by atoms with Crippen molar-refractivity contribution in [2.45, 2.75) is 27.0 Å². The molecule has 1 N–H and O–H groups in total. The van der Waals surface area contributed by atoms with Crippen LogP contribution in [0, 0.1) is 13.8 Å². The number of halogens is 1. The Morgan fingerprint density at radius 1 is 1.33 bits per heavy atom. The molecule has 1 aromatic heterocycles. The van der Waals surface area contributed by atoms with E-state index in [4.69, 9.17) is 21.1 Å². The third-order valence-corrected chi connectivity index (χ3v) is 4.05. The zero-order valence-corrected chi connectivity index (χ0v) is 14.9. The molecule has 0 radical (unpaired) electrons. The lowest BCUT2D eigenvalue weighted by atomic mass is 10.1. The molecule has 1 aromatic carbocycles. The normalized spacial score (nSPS) is 10.7. The van der Waals surface area contributed by atoms with Crippen LogP contribution in [0.4, 0.5) is 0 Å². The second kappa shape index (κ2) is 8.70. The van der Waals surface area contributed by atoms with E-state index in [1.54, 1.807) is 24.1 Å². The molecule has 0 spiro atoms. The summed E-state index contributed by atoms with van der Waals surface area (Å²) in [6.07, 6.45) is 2.47. The summed E-state index contributed by atoms with van der Waals surface area (Å²) in [5.41, 5.74) is 2.28. The number of hydrogen-bond acceptors (Lipinski definition) is 4. The highest BCUT2D eigenvalue weighted by Crippen LogP contribution is 2.25. The summed E-state index contributed by atoms with van der Waals surface area (Å²) in [6.45, 7) is 5.25. The molecule has 7 heteroatoms. The van der Waals surface area contributed by atoms with E-state index in [-0.39, 0.29) is 12.6 Å². The minimum Gasteiger partial charge on any atom is -0.471 e. The lowest BCUT2D eigenvalue weighted by Gasteiger charge is -2.10. The summed E-state index contributed by atoms with van der Waals surface area (Å²) in [4.78, 5) is 11.9. The van der Waals surface area contributed by atoms with Crippen LogP contribution in [0.3, 0.4) is 0 Å². The molecule has 0 atom stereocenters. The van der Waals surface area contributed by atoms with Gasteiger partial charge in [-0.1, -0.05) is 11.6 Å². The highest BCUT2D eigenvalue weighted by Gasteiger charge is 2.09. The number of carbonyl (C=O) groups is 1. The van der Waals surface area contributed by atoms with Gasteiger partial charge in [-0.2, -0.15) is 5.10 Å². The van der Waals surface area contributed by atoms with E-state index in [0.29, 0.717) is 18.8 Å². The van der Waals surface area contributed by atoms with Gasteiger partial charge in [-0.3, -0.25) is 4.79 Å². The van der Waals surface area contributed by atoms with Gasteiger partial charge in [0.05, 0.1) is 0 Å². The van der Waals surface area contributed by atoms with E-state index in [2.05, 4.69) is 10.4 Å². The van der Waals surface area contributed by atoms with Crippen molar-refractivity contribution in [3.63, 3.8) is 0 Å². The molecule has 0 unspecified atom stereocenters. The summed E-state index contributed by atoms with van der Waals surface area (Å²) in [5.74, 6) is 0.513. The lowest BCUT2D eigenvalue weighted by molar-refractivity contribution is 0.0941. The smallest absolute Gasteiger partial charge is 0.271 e. The molecule has 2 rings (SSSR count). The van der Waals surface area contributed by atoms with Crippen molar-refractivity contribution >= 4 is 17.5 Å². The van der Waals surface area contributed by atoms with Gasteiger partial charge in [0.1, 0.15) is 11.4 Å². The predicted molar refractivity (Wildman–Crippen MR) is 92.6 cm³/mol. The van der Waals surface area contributed by atoms with E-state index in [1.807, 2.05) is 26.0 Å². The summed E-state index contributed by atoms with van der Waals surface area (Å²) in [6, 6.07) is 5.41. The van der Waals surface area contributed by atoms with Crippen LogP contribution in [0.2, 0.25) is 5.02 Å². The predicted octanol–water partition coefficient (Wildman–Crippen LogP) is 2.96. The first kappa shape index (κ1) is 18.3. The molecule has 24 heavy (non-hydrogen) atoms. The molecule has 6 nitrogen and oxygen atoms in total. The number of hydrogen-bond donors (Lipinski definition) is 1. The van der Waals surface area contributed by atoms with Crippen molar-refractivity contribution in [3.05, 3.63) is 46.2 Å². The maximum Gasteiger partial charge on any atom is 0.271 e. The number of nitrogens with one attached hydrogen (secondary N) is 1. The van der Waals surface area contributed by atoms with Crippen molar-refractivity contribution in [1.82, 2.24) is 15.1 Å². The summed E-state index contributed by atoms with van der Waals surface area (Å²) in [7, 11) is 1.63. The average Bonchev–Trinajstić information content (AvgIpc) is 3.03. The average molecular weight is 352 g/mol. The first-order valence-corrected chi connectivity index (χ1v) is 8.09. The monoisotopic (exact) mass is 351 g/mol. The third kappa shape index (κ3) is 4.97. The minimum atomic E-state index is -0.206. The number of nitrogens with zero attached hydrogens (tertiary/aromatic N) is 2. The van der Waals surface area contributed by atoms with Gasteiger partial charge in [0.15, 0.2) is 6.73 Å². The maximum absolute atomic E-state index is 11.9. The first-order chi connectivity index (χ1) is 11.5. The Hall–Kier alpha value is -2.05. The Kier molecular flexibility index (Phi) is 6.63. The number of aryl methyl sites for hydroxylation is 2. The van der Waals surface area contributed by atoms with E-state index in [0.717, 1.165) is 28.3 Å². The molecule has 0 saturated carbocycles. The van der Waals surface area contributed by atoms with Crippen LogP contribution in [0.5, 0.6) is 5.75 Å². The molecule has 2 aromatic rings. The van der Waals surface area contributed by atoms with Gasteiger partial charge in [0.2, 0.25) is 0 Å². The number of methoxy groups -OCH3 is 1. The molecule has 0 aliphatic carbocycles. The fourth-order valence-electron chi connectivity index (χ4n) is 2.19. The SMILES string of the molecule is COCCCNC(=O)c1ccn(COc2cc(C)c(Cl)c(C)c2)n1. The van der Waals surface area contributed by atoms with Gasteiger partial charge in [-0.05, 0) is 49.6 Å². The van der Waals surface area contributed by atoms with Crippen molar-refractivity contribution in [2.24, 2.45) is 0 Å². The fourth-order valence-corrected chi connectivity index (χ4v) is 2.30. The summed E-state index contributed by atoms with van der Waals surface area (Å²) >= 11 is 6.14. The van der Waals surface area contributed by atoms with Gasteiger partial charge in [0.25, 0.3) is 5.91 Å². The van der Waals surface area contributed by atoms with Gasteiger partial charge < -0.3 is 14.8 Å². The highest BCUT2D eigenvalue weighted by molar-refractivity contribution is 6.32. The van der Waals surface area contributed by atoms with Crippen LogP contribution < -0.4 is 10.1 Å². The number of aromatic nitrogens is 2. The fraction of sp³-hybridized carbons (Fsp3) is 0.412. The van der Waals surface area contributed by atoms with Crippen LogP contribution in [-0.2, 0) is 11.5 Å². The van der Waals surface area contributed by atoms with Crippen LogP contribution in [-0.4, -0.2) is 35.9 Å². The molecule has 0 saturated heterocycles. The third-order valence-electron chi connectivity index (χ3n) is 3.46. The van der Waals surface area contributed by atoms with Gasteiger partial charge >= 0.3 is 0 Å². The van der Waals surface area contributed by atoms with Gasteiger partial charge in [-0.15, -0.1) is 0 Å². The van der Waals surface area contributed by atoms with E-state index >= 15 is 0 Å².